The highest BCUT2D eigenvalue weighted by Gasteiger charge is 2.51. The Bertz CT molecular complexity index is 452. The van der Waals surface area contributed by atoms with Gasteiger partial charge in [0.05, 0.1) is 6.54 Å². The molecule has 4 N–H and O–H groups in total. The maximum atomic E-state index is 12.3. The molecule has 0 spiro atoms. The molecule has 0 atom stereocenters. The molecule has 4 saturated carbocycles. The monoisotopic (exact) mass is 357 g/mol. The molecule has 4 rings (SSSR count). The Kier molecular flexibility index (Phi) is 5.86. The van der Waals surface area contributed by atoms with Crippen LogP contribution in [-0.4, -0.2) is 30.4 Å². The van der Waals surface area contributed by atoms with Crippen LogP contribution in [-0.2, 0) is 9.59 Å². The Hall–Kier alpha value is -0.810. The molecule has 4 aliphatic rings. The first-order chi connectivity index (χ1) is 10.7. The van der Waals surface area contributed by atoms with Crippen molar-refractivity contribution in [3.05, 3.63) is 0 Å². The van der Waals surface area contributed by atoms with Gasteiger partial charge in [0.1, 0.15) is 0 Å². The van der Waals surface area contributed by atoms with Gasteiger partial charge in [0.15, 0.2) is 0 Å². The van der Waals surface area contributed by atoms with Crippen LogP contribution >= 0.6 is 12.4 Å². The lowest BCUT2D eigenvalue weighted by molar-refractivity contribution is -0.131. The molecule has 138 valence electrons. The van der Waals surface area contributed by atoms with E-state index in [4.69, 9.17) is 5.73 Å². The van der Waals surface area contributed by atoms with E-state index >= 15 is 0 Å². The average molecular weight is 358 g/mol. The van der Waals surface area contributed by atoms with Crippen LogP contribution in [0.5, 0.6) is 0 Å². The molecule has 0 unspecified atom stereocenters. The summed E-state index contributed by atoms with van der Waals surface area (Å²) < 4.78 is 0. The van der Waals surface area contributed by atoms with Crippen molar-refractivity contribution in [2.75, 3.05) is 13.1 Å². The summed E-state index contributed by atoms with van der Waals surface area (Å²) in [6.45, 7) is 4.19. The Labute approximate surface area is 151 Å². The smallest absolute Gasteiger partial charge is 0.239 e. The maximum absolute atomic E-state index is 12.3. The number of amides is 2. The molecular formula is C18H32ClN3O2. The third kappa shape index (κ3) is 4.85. The predicted octanol–water partition coefficient (Wildman–Crippen LogP) is 1.98. The molecule has 24 heavy (non-hydrogen) atoms. The Morgan fingerprint density at radius 1 is 1.00 bits per heavy atom. The molecule has 0 aromatic heterocycles. The van der Waals surface area contributed by atoms with Crippen molar-refractivity contribution in [2.24, 2.45) is 28.9 Å². The molecule has 4 aliphatic carbocycles. The van der Waals surface area contributed by atoms with E-state index < -0.39 is 5.54 Å². The van der Waals surface area contributed by atoms with E-state index in [0.717, 1.165) is 17.8 Å². The van der Waals surface area contributed by atoms with Gasteiger partial charge in [-0.2, -0.15) is 0 Å². The van der Waals surface area contributed by atoms with Crippen LogP contribution in [0.4, 0.5) is 0 Å². The summed E-state index contributed by atoms with van der Waals surface area (Å²) in [4.78, 5) is 24.1. The SMILES string of the molecule is CC(C)(N)CNC(=O)CNC(=O)CC12CC3CC(CC(C3)C1)C2.Cl. The summed E-state index contributed by atoms with van der Waals surface area (Å²) >= 11 is 0. The zero-order valence-corrected chi connectivity index (χ0v) is 15.7. The van der Waals surface area contributed by atoms with Gasteiger partial charge in [0.2, 0.25) is 11.8 Å². The van der Waals surface area contributed by atoms with E-state index in [9.17, 15) is 9.59 Å². The minimum atomic E-state index is -0.432. The van der Waals surface area contributed by atoms with Crippen LogP contribution in [0.3, 0.4) is 0 Å². The van der Waals surface area contributed by atoms with Crippen molar-refractivity contribution in [3.63, 3.8) is 0 Å². The molecule has 6 heteroatoms. The predicted molar refractivity (Wildman–Crippen MR) is 96.8 cm³/mol. The van der Waals surface area contributed by atoms with Gasteiger partial charge in [-0.15, -0.1) is 12.4 Å². The maximum Gasteiger partial charge on any atom is 0.239 e. The first-order valence-corrected chi connectivity index (χ1v) is 9.05. The molecule has 0 radical (unpaired) electrons. The van der Waals surface area contributed by atoms with Crippen LogP contribution < -0.4 is 16.4 Å². The number of hydrogen-bond donors (Lipinski definition) is 3. The Balaban J connectivity index is 0.00000208. The molecular weight excluding hydrogens is 326 g/mol. The second kappa shape index (κ2) is 7.20. The van der Waals surface area contributed by atoms with Crippen LogP contribution in [0, 0.1) is 23.2 Å². The van der Waals surface area contributed by atoms with Gasteiger partial charge < -0.3 is 16.4 Å². The summed E-state index contributed by atoms with van der Waals surface area (Å²) in [5.41, 5.74) is 5.63. The number of nitrogens with two attached hydrogens (primary N) is 1. The third-order valence-corrected chi connectivity index (χ3v) is 5.89. The Morgan fingerprint density at radius 3 is 1.96 bits per heavy atom. The van der Waals surface area contributed by atoms with Crippen molar-refractivity contribution in [1.29, 1.82) is 0 Å². The van der Waals surface area contributed by atoms with Crippen LogP contribution in [0.1, 0.15) is 58.8 Å². The zero-order valence-electron chi connectivity index (χ0n) is 14.9. The molecule has 0 aromatic rings. The van der Waals surface area contributed by atoms with Gasteiger partial charge >= 0.3 is 0 Å². The minimum absolute atomic E-state index is 0. The van der Waals surface area contributed by atoms with Crippen LogP contribution in [0.2, 0.25) is 0 Å². The fraction of sp³-hybridized carbons (Fsp3) is 0.889. The van der Waals surface area contributed by atoms with Crippen molar-refractivity contribution >= 4 is 24.2 Å². The van der Waals surface area contributed by atoms with Crippen molar-refractivity contribution in [1.82, 2.24) is 10.6 Å². The summed E-state index contributed by atoms with van der Waals surface area (Å²) in [6.07, 6.45) is 8.43. The molecule has 0 aromatic carbocycles. The molecule has 4 bridgehead atoms. The second-order valence-electron chi connectivity index (χ2n) is 9.14. The molecule has 0 heterocycles. The second-order valence-corrected chi connectivity index (χ2v) is 9.14. The number of halogens is 1. The highest BCUT2D eigenvalue weighted by molar-refractivity contribution is 5.85. The van der Waals surface area contributed by atoms with E-state index in [2.05, 4.69) is 10.6 Å². The number of carbonyl (C=O) groups excluding carboxylic acids is 2. The summed E-state index contributed by atoms with van der Waals surface area (Å²) in [7, 11) is 0. The van der Waals surface area contributed by atoms with Crippen LogP contribution in [0.15, 0.2) is 0 Å². The van der Waals surface area contributed by atoms with Gasteiger partial charge in [0.25, 0.3) is 0 Å². The largest absolute Gasteiger partial charge is 0.353 e. The number of carbonyl (C=O) groups is 2. The molecule has 0 saturated heterocycles. The van der Waals surface area contributed by atoms with Gasteiger partial charge in [-0.1, -0.05) is 0 Å². The fourth-order valence-corrected chi connectivity index (χ4v) is 5.48. The zero-order chi connectivity index (χ0) is 16.7. The summed E-state index contributed by atoms with van der Waals surface area (Å²) in [6, 6.07) is 0. The van der Waals surface area contributed by atoms with E-state index in [0.29, 0.717) is 13.0 Å². The minimum Gasteiger partial charge on any atom is -0.353 e. The average Bonchev–Trinajstić information content (AvgIpc) is 2.40. The lowest BCUT2D eigenvalue weighted by Gasteiger charge is -2.56. The van der Waals surface area contributed by atoms with Crippen molar-refractivity contribution < 1.29 is 9.59 Å². The number of rotatable bonds is 6. The van der Waals surface area contributed by atoms with E-state index in [1.54, 1.807) is 0 Å². The summed E-state index contributed by atoms with van der Waals surface area (Å²) in [5, 5.41) is 5.56. The number of nitrogens with one attached hydrogen (secondary N) is 2. The first-order valence-electron chi connectivity index (χ1n) is 9.05. The first kappa shape index (κ1) is 19.5. The standard InChI is InChI=1S/C18H31N3O2.ClH/c1-17(2,19)11-21-16(23)10-20-15(22)9-18-6-12-3-13(7-18)5-14(4-12)8-18;/h12-14H,3-11,19H2,1-2H3,(H,20,22)(H,21,23);1H. The molecule has 5 nitrogen and oxygen atoms in total. The lowest BCUT2D eigenvalue weighted by Crippen LogP contribution is -2.49. The Morgan fingerprint density at radius 2 is 1.50 bits per heavy atom. The third-order valence-electron chi connectivity index (χ3n) is 5.89. The van der Waals surface area contributed by atoms with Gasteiger partial charge in [0, 0.05) is 18.5 Å². The highest BCUT2D eigenvalue weighted by Crippen LogP contribution is 2.61. The van der Waals surface area contributed by atoms with Crippen molar-refractivity contribution in [2.45, 2.75) is 64.3 Å². The van der Waals surface area contributed by atoms with Crippen LogP contribution in [0.25, 0.3) is 0 Å². The van der Waals surface area contributed by atoms with E-state index in [1.807, 2.05) is 13.8 Å². The van der Waals surface area contributed by atoms with Gasteiger partial charge in [-0.3, -0.25) is 9.59 Å². The molecule has 0 aliphatic heterocycles. The van der Waals surface area contributed by atoms with Gasteiger partial charge in [-0.25, -0.2) is 0 Å². The van der Waals surface area contributed by atoms with E-state index in [1.165, 1.54) is 38.5 Å². The number of hydrogen-bond acceptors (Lipinski definition) is 3. The highest BCUT2D eigenvalue weighted by atomic mass is 35.5. The normalized spacial score (nSPS) is 33.7. The quantitative estimate of drug-likeness (QED) is 0.679. The van der Waals surface area contributed by atoms with E-state index in [-0.39, 0.29) is 36.2 Å². The van der Waals surface area contributed by atoms with Gasteiger partial charge in [-0.05, 0) is 75.5 Å². The lowest BCUT2D eigenvalue weighted by atomic mass is 9.49. The topological polar surface area (TPSA) is 84.2 Å². The summed E-state index contributed by atoms with van der Waals surface area (Å²) in [5.74, 6) is 2.42. The van der Waals surface area contributed by atoms with Crippen molar-refractivity contribution in [3.8, 4) is 0 Å². The molecule has 4 fully saturated rings. The fourth-order valence-electron chi connectivity index (χ4n) is 5.48. The molecule has 2 amide bonds.